The second-order valence-electron chi connectivity index (χ2n) is 5.05. The van der Waals surface area contributed by atoms with Crippen LogP contribution in [-0.4, -0.2) is 20.4 Å². The van der Waals surface area contributed by atoms with E-state index < -0.39 is 16.4 Å². The third-order valence-corrected chi connectivity index (χ3v) is 3.39. The standard InChI is InChI=1S/C16H12N4O4/c21-15(18-11-4-2-1-3-5-11)9-19-10-17-14-7-6-12(20(23)24)8-13(14)16(19)22/h1-8,10H,9H2,(H,18,21). The predicted molar refractivity (Wildman–Crippen MR) is 87.7 cm³/mol. The van der Waals surface area contributed by atoms with Crippen LogP contribution in [0.4, 0.5) is 11.4 Å². The summed E-state index contributed by atoms with van der Waals surface area (Å²) >= 11 is 0. The van der Waals surface area contributed by atoms with Gasteiger partial charge in [0.2, 0.25) is 5.91 Å². The Kier molecular flexibility index (Phi) is 4.02. The van der Waals surface area contributed by atoms with Crippen molar-refractivity contribution in [2.75, 3.05) is 5.32 Å². The van der Waals surface area contributed by atoms with Crippen LogP contribution in [0, 0.1) is 10.1 Å². The number of aromatic nitrogens is 2. The average molecular weight is 324 g/mol. The summed E-state index contributed by atoms with van der Waals surface area (Å²) in [6, 6.07) is 12.7. The minimum atomic E-state index is -0.585. The maximum Gasteiger partial charge on any atom is 0.270 e. The van der Waals surface area contributed by atoms with Crippen molar-refractivity contribution >= 4 is 28.2 Å². The average Bonchev–Trinajstić information content (AvgIpc) is 2.58. The Labute approximate surface area is 135 Å². The lowest BCUT2D eigenvalue weighted by Crippen LogP contribution is -2.27. The van der Waals surface area contributed by atoms with E-state index >= 15 is 0 Å². The molecule has 0 aliphatic rings. The lowest BCUT2D eigenvalue weighted by Gasteiger charge is -2.08. The maximum atomic E-state index is 12.4. The second kappa shape index (κ2) is 6.29. The number of carbonyl (C=O) groups is 1. The number of non-ortho nitro benzene ring substituents is 1. The van der Waals surface area contributed by atoms with Crippen LogP contribution < -0.4 is 10.9 Å². The van der Waals surface area contributed by atoms with Gasteiger partial charge in [0.1, 0.15) is 6.54 Å². The Morgan fingerprint density at radius 3 is 2.67 bits per heavy atom. The van der Waals surface area contributed by atoms with E-state index in [1.807, 2.05) is 6.07 Å². The summed E-state index contributed by atoms with van der Waals surface area (Å²) in [5, 5.41) is 13.6. The van der Waals surface area contributed by atoms with Gasteiger partial charge in [0.25, 0.3) is 11.2 Å². The molecule has 1 amide bonds. The number of para-hydroxylation sites is 1. The molecule has 0 aliphatic carbocycles. The molecule has 0 unspecified atom stereocenters. The summed E-state index contributed by atoms with van der Waals surface area (Å²) in [7, 11) is 0. The van der Waals surface area contributed by atoms with Crippen LogP contribution in [0.1, 0.15) is 0 Å². The molecule has 0 aliphatic heterocycles. The van der Waals surface area contributed by atoms with Gasteiger partial charge in [-0.05, 0) is 18.2 Å². The highest BCUT2D eigenvalue weighted by Crippen LogP contribution is 2.16. The zero-order valence-electron chi connectivity index (χ0n) is 12.4. The molecule has 3 rings (SSSR count). The van der Waals surface area contributed by atoms with Gasteiger partial charge in [-0.1, -0.05) is 18.2 Å². The van der Waals surface area contributed by atoms with Crippen LogP contribution in [-0.2, 0) is 11.3 Å². The number of carbonyl (C=O) groups excluding carboxylic acids is 1. The van der Waals surface area contributed by atoms with Crippen molar-refractivity contribution in [1.29, 1.82) is 0 Å². The minimum absolute atomic E-state index is 0.0965. The summed E-state index contributed by atoms with van der Waals surface area (Å²) in [6.45, 7) is -0.237. The third-order valence-electron chi connectivity index (χ3n) is 3.39. The fraction of sp³-hybridized carbons (Fsp3) is 0.0625. The number of hydrogen-bond acceptors (Lipinski definition) is 5. The van der Waals surface area contributed by atoms with Crippen molar-refractivity contribution in [2.24, 2.45) is 0 Å². The van der Waals surface area contributed by atoms with Gasteiger partial charge < -0.3 is 5.32 Å². The number of amides is 1. The molecule has 2 aromatic carbocycles. The lowest BCUT2D eigenvalue weighted by atomic mass is 10.2. The molecule has 1 N–H and O–H groups in total. The fourth-order valence-electron chi connectivity index (χ4n) is 2.25. The highest BCUT2D eigenvalue weighted by Gasteiger charge is 2.12. The fourth-order valence-corrected chi connectivity index (χ4v) is 2.25. The van der Waals surface area contributed by atoms with E-state index in [-0.39, 0.29) is 17.6 Å². The van der Waals surface area contributed by atoms with Crippen molar-refractivity contribution < 1.29 is 9.72 Å². The number of anilines is 1. The van der Waals surface area contributed by atoms with Gasteiger partial charge in [0, 0.05) is 17.8 Å². The number of rotatable bonds is 4. The van der Waals surface area contributed by atoms with Crippen LogP contribution >= 0.6 is 0 Å². The largest absolute Gasteiger partial charge is 0.325 e. The monoisotopic (exact) mass is 324 g/mol. The van der Waals surface area contributed by atoms with Crippen molar-refractivity contribution in [1.82, 2.24) is 9.55 Å². The number of nitro groups is 1. The second-order valence-corrected chi connectivity index (χ2v) is 5.05. The van der Waals surface area contributed by atoms with Gasteiger partial charge in [-0.25, -0.2) is 4.98 Å². The Morgan fingerprint density at radius 2 is 1.96 bits per heavy atom. The number of nitro benzene ring substituents is 1. The Morgan fingerprint density at radius 1 is 1.21 bits per heavy atom. The molecule has 0 fully saturated rings. The van der Waals surface area contributed by atoms with Crippen LogP contribution in [0.2, 0.25) is 0 Å². The molecule has 0 saturated carbocycles. The molecule has 0 bridgehead atoms. The summed E-state index contributed by atoms with van der Waals surface area (Å²) in [4.78, 5) is 38.8. The summed E-state index contributed by atoms with van der Waals surface area (Å²) in [6.07, 6.45) is 1.25. The number of fused-ring (bicyclic) bond motifs is 1. The van der Waals surface area contributed by atoms with Gasteiger partial charge in [-0.15, -0.1) is 0 Å². The molecule has 0 radical (unpaired) electrons. The highest BCUT2D eigenvalue weighted by molar-refractivity contribution is 5.90. The van der Waals surface area contributed by atoms with Crippen molar-refractivity contribution in [3.05, 3.63) is 75.3 Å². The first-order valence-corrected chi connectivity index (χ1v) is 7.03. The molecule has 3 aromatic rings. The number of nitrogens with one attached hydrogen (secondary N) is 1. The Bertz CT molecular complexity index is 982. The van der Waals surface area contributed by atoms with Gasteiger partial charge in [0.15, 0.2) is 0 Å². The van der Waals surface area contributed by atoms with Gasteiger partial charge in [-0.3, -0.25) is 24.3 Å². The topological polar surface area (TPSA) is 107 Å². The van der Waals surface area contributed by atoms with Crippen molar-refractivity contribution in [3.8, 4) is 0 Å². The predicted octanol–water partition coefficient (Wildman–Crippen LogP) is 1.94. The number of benzene rings is 2. The van der Waals surface area contributed by atoms with E-state index in [1.165, 1.54) is 18.5 Å². The molecule has 24 heavy (non-hydrogen) atoms. The molecule has 1 aromatic heterocycles. The molecule has 120 valence electrons. The van der Waals surface area contributed by atoms with E-state index in [0.717, 1.165) is 10.6 Å². The number of hydrogen-bond donors (Lipinski definition) is 1. The third kappa shape index (κ3) is 3.12. The molecule has 0 saturated heterocycles. The number of nitrogens with zero attached hydrogens (tertiary/aromatic N) is 3. The zero-order valence-corrected chi connectivity index (χ0v) is 12.4. The van der Waals surface area contributed by atoms with Crippen molar-refractivity contribution in [2.45, 2.75) is 6.54 Å². The first-order chi connectivity index (χ1) is 11.5. The molecular weight excluding hydrogens is 312 g/mol. The molecule has 1 heterocycles. The molecular formula is C16H12N4O4. The van der Waals surface area contributed by atoms with Crippen LogP contribution in [0.25, 0.3) is 10.9 Å². The van der Waals surface area contributed by atoms with Gasteiger partial charge >= 0.3 is 0 Å². The SMILES string of the molecule is O=C(Cn1cnc2ccc([N+](=O)[O-])cc2c1=O)Nc1ccccc1. The molecule has 0 atom stereocenters. The van der Waals surface area contributed by atoms with Crippen molar-refractivity contribution in [3.63, 3.8) is 0 Å². The first kappa shape index (κ1) is 15.3. The minimum Gasteiger partial charge on any atom is -0.325 e. The molecule has 8 nitrogen and oxygen atoms in total. The van der Waals surface area contributed by atoms with Crippen LogP contribution in [0.5, 0.6) is 0 Å². The van der Waals surface area contributed by atoms with Gasteiger partial charge in [0.05, 0.1) is 22.2 Å². The van der Waals surface area contributed by atoms with Gasteiger partial charge in [-0.2, -0.15) is 0 Å². The highest BCUT2D eigenvalue weighted by atomic mass is 16.6. The summed E-state index contributed by atoms with van der Waals surface area (Å²) in [5.74, 6) is -0.394. The Hall–Kier alpha value is -3.55. The van der Waals surface area contributed by atoms with Crippen LogP contribution in [0.3, 0.4) is 0 Å². The first-order valence-electron chi connectivity index (χ1n) is 7.03. The zero-order chi connectivity index (χ0) is 17.1. The summed E-state index contributed by atoms with van der Waals surface area (Å²) in [5.41, 5.74) is 0.241. The maximum absolute atomic E-state index is 12.4. The normalized spacial score (nSPS) is 10.5. The van der Waals surface area contributed by atoms with E-state index in [1.54, 1.807) is 24.3 Å². The quantitative estimate of drug-likeness (QED) is 0.583. The smallest absolute Gasteiger partial charge is 0.270 e. The molecule has 0 spiro atoms. The summed E-state index contributed by atoms with van der Waals surface area (Å²) < 4.78 is 1.12. The molecule has 8 heteroatoms. The van der Waals surface area contributed by atoms with E-state index in [2.05, 4.69) is 10.3 Å². The lowest BCUT2D eigenvalue weighted by molar-refractivity contribution is -0.384. The van der Waals surface area contributed by atoms with E-state index in [9.17, 15) is 19.7 Å². The Balaban J connectivity index is 1.89. The van der Waals surface area contributed by atoms with E-state index in [4.69, 9.17) is 0 Å². The van der Waals surface area contributed by atoms with Crippen LogP contribution in [0.15, 0.2) is 59.7 Å². The van der Waals surface area contributed by atoms with E-state index in [0.29, 0.717) is 11.2 Å².